The molecule has 8 nitrogen and oxygen atoms in total. The number of hydrogen-bond donors (Lipinski definition) is 0. The summed E-state index contributed by atoms with van der Waals surface area (Å²) in [6.07, 6.45) is 42.7. The van der Waals surface area contributed by atoms with Gasteiger partial charge >= 0.3 is 35.8 Å². The van der Waals surface area contributed by atoms with Crippen molar-refractivity contribution in [2.75, 3.05) is 13.2 Å². The van der Waals surface area contributed by atoms with Crippen LogP contribution in [-0.4, -0.2) is 61.0 Å². The molecule has 4 radical (unpaired) electrons. The normalized spacial score (nSPS) is 10.4. The van der Waals surface area contributed by atoms with Gasteiger partial charge in [-0.15, -0.1) is 0 Å². The van der Waals surface area contributed by atoms with Gasteiger partial charge in [-0.2, -0.15) is 0 Å². The van der Waals surface area contributed by atoms with E-state index in [4.69, 9.17) is 9.47 Å². The van der Waals surface area contributed by atoms with Gasteiger partial charge in [0.2, 0.25) is 0 Å². The Balaban J connectivity index is -0.000000878. The van der Waals surface area contributed by atoms with Crippen molar-refractivity contribution in [3.05, 3.63) is 109 Å². The Kier molecular flexibility index (Phi) is 52.3. The predicted octanol–water partition coefficient (Wildman–Crippen LogP) is 13.8. The quantitative estimate of drug-likeness (QED) is 0.0293. The van der Waals surface area contributed by atoms with Crippen LogP contribution in [0.15, 0.2) is 72.8 Å². The molecule has 0 amide bonds. The number of carboxylic acid groups (broad SMARTS) is 2. The molecule has 0 heterocycles. The van der Waals surface area contributed by atoms with Gasteiger partial charge in [-0.1, -0.05) is 230 Å². The Hall–Kier alpha value is -3.40. The monoisotopic (exact) mass is 1010 g/mol. The van der Waals surface area contributed by atoms with E-state index in [0.29, 0.717) is 13.2 Å². The summed E-state index contributed by atoms with van der Waals surface area (Å²) in [5.41, 5.74) is -0.141. The fraction of sp³-hybridized carbons (Fsp3) is 0.607. The molecule has 0 bridgehead atoms. The third-order valence-corrected chi connectivity index (χ3v) is 10.4. The zero-order valence-electron chi connectivity index (χ0n) is 41.3. The van der Waals surface area contributed by atoms with Crippen molar-refractivity contribution < 1.29 is 38.9 Å². The van der Waals surface area contributed by atoms with E-state index < -0.39 is 23.9 Å². The van der Waals surface area contributed by atoms with Gasteiger partial charge in [0.1, 0.15) is 0 Å². The fourth-order valence-electron chi connectivity index (χ4n) is 6.55. The maximum Gasteiger partial charge on any atom is 2.00 e. The second-order valence-corrected chi connectivity index (χ2v) is 16.1. The minimum Gasteiger partial charge on any atom is -0.545 e. The third kappa shape index (κ3) is 41.7. The van der Waals surface area contributed by atoms with Gasteiger partial charge in [-0.05, 0) is 64.5 Å². The minimum atomic E-state index is -1.36. The van der Waals surface area contributed by atoms with Gasteiger partial charge in [-0.3, -0.25) is 0 Å². The van der Waals surface area contributed by atoms with Crippen molar-refractivity contribution in [2.24, 2.45) is 0 Å². The van der Waals surface area contributed by atoms with E-state index in [1.807, 2.05) is 13.8 Å². The molecule has 65 heavy (non-hydrogen) atoms. The SMILES string of the molecule is C/C=C/CCCCCCCCCOC(=O)c1ccccc1C(=O)[O-].C/C=C/CCCCCCCCCOC(=O)c1ccccc1C(=O)[O-].[CH2]CCCCCCC.[CH2]CCCCCCC.[Sn+2]. The first-order chi connectivity index (χ1) is 31.2. The number of carbonyl (C=O) groups is 4. The molecule has 0 spiro atoms. The van der Waals surface area contributed by atoms with Gasteiger partial charge in [0, 0.05) is 11.1 Å². The van der Waals surface area contributed by atoms with Crippen LogP contribution in [0.5, 0.6) is 0 Å². The Labute approximate surface area is 414 Å². The summed E-state index contributed by atoms with van der Waals surface area (Å²) in [6.45, 7) is 16.8. The third-order valence-electron chi connectivity index (χ3n) is 10.4. The smallest absolute Gasteiger partial charge is 0.545 e. The first kappa shape index (κ1) is 65.9. The summed E-state index contributed by atoms with van der Waals surface area (Å²) in [4.78, 5) is 45.7. The van der Waals surface area contributed by atoms with Crippen LogP contribution in [0, 0.1) is 13.8 Å². The van der Waals surface area contributed by atoms with Crippen LogP contribution >= 0.6 is 0 Å². The van der Waals surface area contributed by atoms with E-state index in [0.717, 1.165) is 51.4 Å². The average molecular weight is 1010 g/mol. The zero-order chi connectivity index (χ0) is 47.7. The van der Waals surface area contributed by atoms with E-state index >= 15 is 0 Å². The standard InChI is InChI=1S/2C20H28O4.2C8H17.Sn/c2*1-2-3-4-5-6-7-8-9-10-13-16-24-20(23)18-15-12-11-14-17(18)19(21)22;2*1-3-5-7-8-6-4-2;/h2*2-3,11-12,14-15H,4-10,13,16H2,1H3,(H,21,22);2*1,3-8H2,2H3;/q;;;;+2/p-2/b2*3-2+;;;. The summed E-state index contributed by atoms with van der Waals surface area (Å²) in [5.74, 6) is -3.92. The number of unbranched alkanes of at least 4 members (excludes halogenated alkanes) is 24. The molecule has 2 rings (SSSR count). The maximum absolute atomic E-state index is 11.9. The van der Waals surface area contributed by atoms with Crippen molar-refractivity contribution in [1.29, 1.82) is 0 Å². The molecule has 0 unspecified atom stereocenters. The van der Waals surface area contributed by atoms with Crippen LogP contribution in [0.3, 0.4) is 0 Å². The zero-order valence-corrected chi connectivity index (χ0v) is 44.2. The Morgan fingerprint density at radius 3 is 1.02 bits per heavy atom. The summed E-state index contributed by atoms with van der Waals surface area (Å²) in [6, 6.07) is 11.9. The number of ether oxygens (including phenoxy) is 2. The molecule has 0 aromatic heterocycles. The van der Waals surface area contributed by atoms with Crippen molar-refractivity contribution in [2.45, 2.75) is 207 Å². The molecule has 2 aromatic rings. The summed E-state index contributed by atoms with van der Waals surface area (Å²) in [7, 11) is 0. The Morgan fingerprint density at radius 2 is 0.723 bits per heavy atom. The molecular formula is C56H88O8Sn. The summed E-state index contributed by atoms with van der Waals surface area (Å²) in [5, 5.41) is 21.9. The predicted molar refractivity (Wildman–Crippen MR) is 269 cm³/mol. The summed E-state index contributed by atoms with van der Waals surface area (Å²) >= 11 is 0. The molecule has 0 saturated heterocycles. The molecule has 0 fully saturated rings. The van der Waals surface area contributed by atoms with Crippen molar-refractivity contribution in [1.82, 2.24) is 0 Å². The van der Waals surface area contributed by atoms with E-state index in [1.54, 1.807) is 24.3 Å². The first-order valence-electron chi connectivity index (χ1n) is 24.9. The number of hydrogen-bond acceptors (Lipinski definition) is 8. The molecule has 364 valence electrons. The molecule has 2 aromatic carbocycles. The van der Waals surface area contributed by atoms with Crippen molar-refractivity contribution in [3.8, 4) is 0 Å². The van der Waals surface area contributed by atoms with Gasteiger partial charge in [0.25, 0.3) is 0 Å². The van der Waals surface area contributed by atoms with E-state index in [9.17, 15) is 29.4 Å². The molecule has 0 atom stereocenters. The average Bonchev–Trinajstić information content (AvgIpc) is 3.30. The minimum absolute atomic E-state index is 0. The van der Waals surface area contributed by atoms with Crippen LogP contribution in [0.4, 0.5) is 0 Å². The van der Waals surface area contributed by atoms with Crippen LogP contribution < -0.4 is 10.2 Å². The van der Waals surface area contributed by atoms with Gasteiger partial charge in [0.15, 0.2) is 0 Å². The molecule has 0 N–H and O–H groups in total. The number of carboxylic acids is 2. The second kappa shape index (κ2) is 51.6. The second-order valence-electron chi connectivity index (χ2n) is 16.1. The van der Waals surface area contributed by atoms with Gasteiger partial charge < -0.3 is 29.3 Å². The molecule has 0 aliphatic rings. The molecule has 0 aliphatic heterocycles. The first-order valence-corrected chi connectivity index (χ1v) is 24.9. The Bertz CT molecular complexity index is 1350. The molecule has 0 saturated carbocycles. The van der Waals surface area contributed by atoms with Gasteiger partial charge in [0.05, 0.1) is 36.3 Å². The van der Waals surface area contributed by atoms with Crippen molar-refractivity contribution in [3.63, 3.8) is 0 Å². The number of carbonyl (C=O) groups excluding carboxylic acids is 4. The van der Waals surface area contributed by atoms with Crippen LogP contribution in [0.25, 0.3) is 0 Å². The van der Waals surface area contributed by atoms with E-state index in [2.05, 4.69) is 52.0 Å². The maximum atomic E-state index is 11.9. The number of rotatable bonds is 34. The summed E-state index contributed by atoms with van der Waals surface area (Å²) < 4.78 is 10.3. The largest absolute Gasteiger partial charge is 2.00 e. The molecule has 0 aliphatic carbocycles. The molecular weight excluding hydrogens is 919 g/mol. The van der Waals surface area contributed by atoms with E-state index in [1.165, 1.54) is 153 Å². The van der Waals surface area contributed by atoms with Gasteiger partial charge in [-0.25, -0.2) is 9.59 Å². The van der Waals surface area contributed by atoms with Crippen LogP contribution in [-0.2, 0) is 9.47 Å². The number of benzene rings is 2. The van der Waals surface area contributed by atoms with Crippen LogP contribution in [0.1, 0.15) is 249 Å². The fourth-order valence-corrected chi connectivity index (χ4v) is 6.55. The Morgan fingerprint density at radius 1 is 0.446 bits per heavy atom. The van der Waals surface area contributed by atoms with Crippen LogP contribution in [0.2, 0.25) is 0 Å². The van der Waals surface area contributed by atoms with E-state index in [-0.39, 0.29) is 46.2 Å². The number of allylic oxidation sites excluding steroid dienone is 4. The topological polar surface area (TPSA) is 133 Å². The number of esters is 2. The number of aromatic carboxylic acids is 2. The van der Waals surface area contributed by atoms with Crippen molar-refractivity contribution >= 4 is 47.8 Å². The molecule has 9 heteroatoms.